The molecule has 0 aliphatic carbocycles. The van der Waals surface area contributed by atoms with E-state index in [-0.39, 0.29) is 0 Å². The van der Waals surface area contributed by atoms with Gasteiger partial charge in [0.1, 0.15) is 5.52 Å². The highest BCUT2D eigenvalue weighted by molar-refractivity contribution is 14.1. The highest BCUT2D eigenvalue weighted by Gasteiger charge is 2.17. The molecule has 0 unspecified atom stereocenters. The van der Waals surface area contributed by atoms with E-state index in [4.69, 9.17) is 4.74 Å². The molecule has 3 heterocycles. The van der Waals surface area contributed by atoms with Crippen LogP contribution in [0, 0.1) is 3.83 Å². The Hall–Kier alpha value is -1.02. The number of hydrogen-bond donors (Lipinski definition) is 0. The highest BCUT2D eigenvalue weighted by Crippen LogP contribution is 2.22. The molecule has 1 fully saturated rings. The molecule has 0 aromatic carbocycles. The van der Waals surface area contributed by atoms with Crippen molar-refractivity contribution in [1.29, 1.82) is 0 Å². The average molecular weight is 342 g/mol. The van der Waals surface area contributed by atoms with Crippen LogP contribution in [-0.2, 0) is 4.74 Å². The molecule has 2 aromatic heterocycles. The standard InChI is InChI=1S/C11H11IN4O/c12-11-14-8-2-1-3-13-9(8)10(15-11)16-4-6-17-7-5-16/h1-3H,4-7H2. The fourth-order valence-electron chi connectivity index (χ4n) is 1.92. The molecule has 6 heteroatoms. The van der Waals surface area contributed by atoms with Crippen molar-refractivity contribution in [2.45, 2.75) is 0 Å². The lowest BCUT2D eigenvalue weighted by Gasteiger charge is -2.28. The summed E-state index contributed by atoms with van der Waals surface area (Å²) in [6.45, 7) is 3.21. The van der Waals surface area contributed by atoms with Gasteiger partial charge in [-0.15, -0.1) is 0 Å². The number of rotatable bonds is 1. The molecule has 0 radical (unpaired) electrons. The summed E-state index contributed by atoms with van der Waals surface area (Å²) in [5.74, 6) is 0.920. The molecule has 0 atom stereocenters. The van der Waals surface area contributed by atoms with Gasteiger partial charge in [0.25, 0.3) is 0 Å². The van der Waals surface area contributed by atoms with Gasteiger partial charge in [0.05, 0.1) is 18.7 Å². The van der Waals surface area contributed by atoms with Crippen LogP contribution in [-0.4, -0.2) is 41.3 Å². The predicted molar refractivity (Wildman–Crippen MR) is 73.1 cm³/mol. The van der Waals surface area contributed by atoms with E-state index in [1.165, 1.54) is 0 Å². The van der Waals surface area contributed by atoms with Crippen molar-refractivity contribution in [3.8, 4) is 0 Å². The maximum Gasteiger partial charge on any atom is 0.193 e. The van der Waals surface area contributed by atoms with E-state index in [0.29, 0.717) is 0 Å². The summed E-state index contributed by atoms with van der Waals surface area (Å²) >= 11 is 2.14. The minimum atomic E-state index is 0.745. The molecule has 17 heavy (non-hydrogen) atoms. The van der Waals surface area contributed by atoms with E-state index in [0.717, 1.165) is 47.0 Å². The lowest BCUT2D eigenvalue weighted by molar-refractivity contribution is 0.122. The topological polar surface area (TPSA) is 51.1 Å². The zero-order chi connectivity index (χ0) is 11.7. The number of fused-ring (bicyclic) bond motifs is 1. The number of nitrogens with zero attached hydrogens (tertiary/aromatic N) is 4. The van der Waals surface area contributed by atoms with Crippen LogP contribution in [0.1, 0.15) is 0 Å². The Morgan fingerprint density at radius 2 is 2.06 bits per heavy atom. The SMILES string of the molecule is Ic1nc(N2CCOCC2)c2ncccc2n1. The maximum absolute atomic E-state index is 5.36. The van der Waals surface area contributed by atoms with E-state index in [1.807, 2.05) is 12.1 Å². The van der Waals surface area contributed by atoms with Crippen LogP contribution in [0.2, 0.25) is 0 Å². The number of hydrogen-bond acceptors (Lipinski definition) is 5. The van der Waals surface area contributed by atoms with Gasteiger partial charge >= 0.3 is 0 Å². The molecule has 1 aliphatic rings. The molecule has 1 aliphatic heterocycles. The molecule has 1 saturated heterocycles. The van der Waals surface area contributed by atoms with Crippen molar-refractivity contribution < 1.29 is 4.74 Å². The van der Waals surface area contributed by atoms with Gasteiger partial charge in [-0.25, -0.2) is 9.97 Å². The zero-order valence-electron chi connectivity index (χ0n) is 9.14. The van der Waals surface area contributed by atoms with Gasteiger partial charge in [0.15, 0.2) is 9.65 Å². The molecule has 0 saturated carbocycles. The first-order chi connectivity index (χ1) is 8.34. The van der Waals surface area contributed by atoms with Crippen LogP contribution in [0.15, 0.2) is 18.3 Å². The quantitative estimate of drug-likeness (QED) is 0.580. The van der Waals surface area contributed by atoms with Crippen molar-refractivity contribution in [2.24, 2.45) is 0 Å². The van der Waals surface area contributed by atoms with Crippen LogP contribution in [0.25, 0.3) is 11.0 Å². The Morgan fingerprint density at radius 3 is 2.88 bits per heavy atom. The van der Waals surface area contributed by atoms with Crippen molar-refractivity contribution in [3.63, 3.8) is 0 Å². The van der Waals surface area contributed by atoms with E-state index >= 15 is 0 Å². The van der Waals surface area contributed by atoms with E-state index < -0.39 is 0 Å². The van der Waals surface area contributed by atoms with Crippen LogP contribution in [0.4, 0.5) is 5.82 Å². The summed E-state index contributed by atoms with van der Waals surface area (Å²) in [6, 6.07) is 3.87. The molecule has 2 aromatic rings. The maximum atomic E-state index is 5.36. The van der Waals surface area contributed by atoms with Crippen molar-refractivity contribution in [1.82, 2.24) is 15.0 Å². The highest BCUT2D eigenvalue weighted by atomic mass is 127. The smallest absolute Gasteiger partial charge is 0.193 e. The number of halogens is 1. The molecule has 0 spiro atoms. The Morgan fingerprint density at radius 1 is 1.24 bits per heavy atom. The van der Waals surface area contributed by atoms with E-state index in [2.05, 4.69) is 42.4 Å². The number of aromatic nitrogens is 3. The molecule has 88 valence electrons. The largest absolute Gasteiger partial charge is 0.378 e. The third kappa shape index (κ3) is 2.19. The van der Waals surface area contributed by atoms with Gasteiger partial charge in [-0.3, -0.25) is 4.98 Å². The second-order valence-electron chi connectivity index (χ2n) is 3.79. The third-order valence-electron chi connectivity index (χ3n) is 2.72. The third-order valence-corrected chi connectivity index (χ3v) is 3.20. The lowest BCUT2D eigenvalue weighted by atomic mass is 10.3. The van der Waals surface area contributed by atoms with Crippen molar-refractivity contribution in [2.75, 3.05) is 31.2 Å². The van der Waals surface area contributed by atoms with Gasteiger partial charge in [0, 0.05) is 41.9 Å². The number of ether oxygens (including phenoxy) is 1. The molecule has 5 nitrogen and oxygen atoms in total. The monoisotopic (exact) mass is 342 g/mol. The summed E-state index contributed by atoms with van der Waals surface area (Å²) in [6.07, 6.45) is 1.78. The van der Waals surface area contributed by atoms with E-state index in [1.54, 1.807) is 6.20 Å². The summed E-state index contributed by atoms with van der Waals surface area (Å²) in [5, 5.41) is 0. The van der Waals surface area contributed by atoms with Gasteiger partial charge in [0.2, 0.25) is 0 Å². The molecule has 3 rings (SSSR count). The minimum absolute atomic E-state index is 0.745. The van der Waals surface area contributed by atoms with Gasteiger partial charge in [-0.1, -0.05) is 0 Å². The summed E-state index contributed by atoms with van der Waals surface area (Å²) in [5.41, 5.74) is 1.77. The predicted octanol–water partition coefficient (Wildman–Crippen LogP) is 1.47. The molecule has 0 N–H and O–H groups in total. The van der Waals surface area contributed by atoms with Crippen molar-refractivity contribution >= 4 is 39.4 Å². The normalized spacial score (nSPS) is 16.4. The first-order valence-electron chi connectivity index (χ1n) is 5.45. The van der Waals surface area contributed by atoms with Crippen molar-refractivity contribution in [3.05, 3.63) is 22.2 Å². The summed E-state index contributed by atoms with van der Waals surface area (Å²) < 4.78 is 6.11. The number of anilines is 1. The zero-order valence-corrected chi connectivity index (χ0v) is 11.3. The number of pyridine rings is 1. The Kier molecular flexibility index (Phi) is 3.06. The first-order valence-corrected chi connectivity index (χ1v) is 6.53. The van der Waals surface area contributed by atoms with Crippen LogP contribution >= 0.6 is 22.6 Å². The van der Waals surface area contributed by atoms with Crippen LogP contribution < -0.4 is 4.90 Å². The Balaban J connectivity index is 2.13. The fraction of sp³-hybridized carbons (Fsp3) is 0.364. The van der Waals surface area contributed by atoms with Crippen LogP contribution in [0.5, 0.6) is 0 Å². The second-order valence-corrected chi connectivity index (χ2v) is 4.75. The van der Waals surface area contributed by atoms with Crippen LogP contribution in [0.3, 0.4) is 0 Å². The summed E-state index contributed by atoms with van der Waals surface area (Å²) in [7, 11) is 0. The minimum Gasteiger partial charge on any atom is -0.378 e. The molecular weight excluding hydrogens is 331 g/mol. The lowest BCUT2D eigenvalue weighted by Crippen LogP contribution is -2.37. The average Bonchev–Trinajstić information content (AvgIpc) is 2.39. The van der Waals surface area contributed by atoms with E-state index in [9.17, 15) is 0 Å². The fourth-order valence-corrected chi connectivity index (χ4v) is 2.41. The second kappa shape index (κ2) is 4.69. The molecule has 0 amide bonds. The Labute approximate surface area is 112 Å². The summed E-state index contributed by atoms with van der Waals surface area (Å²) in [4.78, 5) is 15.5. The van der Waals surface area contributed by atoms with Gasteiger partial charge in [-0.05, 0) is 12.1 Å². The van der Waals surface area contributed by atoms with Gasteiger partial charge in [-0.2, -0.15) is 0 Å². The Bertz CT molecular complexity index is 542. The molecular formula is C11H11IN4O. The first kappa shape index (κ1) is 11.1. The molecule has 0 bridgehead atoms. The van der Waals surface area contributed by atoms with Gasteiger partial charge < -0.3 is 9.64 Å². The number of morpholine rings is 1.